The van der Waals surface area contributed by atoms with Crippen LogP contribution in [0.5, 0.6) is 0 Å². The molecule has 0 aromatic rings. The van der Waals surface area contributed by atoms with Crippen LogP contribution in [0.2, 0.25) is 12.1 Å². The first kappa shape index (κ1) is 13.9. The summed E-state index contributed by atoms with van der Waals surface area (Å²) in [5, 5.41) is 0. The molecule has 0 rings (SSSR count). The largest absolute Gasteiger partial charge is 0.334 e. The lowest BCUT2D eigenvalue weighted by Gasteiger charge is -2.28. The maximum Gasteiger partial charge on any atom is 0.149 e. The third kappa shape index (κ3) is 4.96. The minimum absolute atomic E-state index is 1.10. The minimum atomic E-state index is -1.30. The fraction of sp³-hybridized carbons (Fsp3) is 0.833. The maximum absolute atomic E-state index is 4.06. The van der Waals surface area contributed by atoms with Crippen LogP contribution in [-0.2, 0) is 0 Å². The van der Waals surface area contributed by atoms with Crippen molar-refractivity contribution in [2.75, 3.05) is 6.54 Å². The second-order valence-corrected chi connectivity index (χ2v) is 8.17. The molecule has 0 aliphatic heterocycles. The SMILES string of the molecule is C=C[Si](CCCC)(CCCC)NCC. The molecular weight excluding hydrogens is 186 g/mol. The van der Waals surface area contributed by atoms with Gasteiger partial charge in [0, 0.05) is 0 Å². The van der Waals surface area contributed by atoms with Crippen molar-refractivity contribution in [2.45, 2.75) is 58.5 Å². The van der Waals surface area contributed by atoms with Crippen LogP contribution in [0.1, 0.15) is 46.5 Å². The molecule has 0 radical (unpaired) electrons. The van der Waals surface area contributed by atoms with E-state index in [1.807, 2.05) is 0 Å². The fourth-order valence-electron chi connectivity index (χ4n) is 1.91. The van der Waals surface area contributed by atoms with Gasteiger partial charge in [-0.25, -0.2) is 0 Å². The predicted octanol–water partition coefficient (Wildman–Crippen LogP) is 3.87. The number of rotatable bonds is 9. The van der Waals surface area contributed by atoms with Gasteiger partial charge < -0.3 is 4.98 Å². The smallest absolute Gasteiger partial charge is 0.149 e. The van der Waals surface area contributed by atoms with Gasteiger partial charge in [-0.15, -0.1) is 6.58 Å². The average Bonchev–Trinajstić information content (AvgIpc) is 2.22. The molecule has 0 aliphatic carbocycles. The highest BCUT2D eigenvalue weighted by Crippen LogP contribution is 2.20. The molecule has 0 spiro atoms. The van der Waals surface area contributed by atoms with Crippen molar-refractivity contribution in [1.82, 2.24) is 4.98 Å². The molecule has 84 valence electrons. The van der Waals surface area contributed by atoms with Crippen molar-refractivity contribution in [3.8, 4) is 0 Å². The Morgan fingerprint density at radius 3 is 1.86 bits per heavy atom. The maximum atomic E-state index is 4.06. The lowest BCUT2D eigenvalue weighted by molar-refractivity contribution is 0.798. The Kier molecular flexibility index (Phi) is 8.19. The van der Waals surface area contributed by atoms with Gasteiger partial charge >= 0.3 is 0 Å². The van der Waals surface area contributed by atoms with E-state index in [0.717, 1.165) is 6.54 Å². The van der Waals surface area contributed by atoms with Crippen molar-refractivity contribution in [2.24, 2.45) is 0 Å². The van der Waals surface area contributed by atoms with E-state index in [1.165, 1.54) is 37.8 Å². The molecule has 14 heavy (non-hydrogen) atoms. The molecule has 0 bridgehead atoms. The third-order valence-corrected chi connectivity index (χ3v) is 7.20. The summed E-state index contributed by atoms with van der Waals surface area (Å²) in [5.74, 6) is 0. The third-order valence-electron chi connectivity index (χ3n) is 2.87. The van der Waals surface area contributed by atoms with E-state index in [-0.39, 0.29) is 0 Å². The lowest BCUT2D eigenvalue weighted by Crippen LogP contribution is -2.48. The first-order chi connectivity index (χ1) is 6.74. The van der Waals surface area contributed by atoms with Gasteiger partial charge in [0.2, 0.25) is 0 Å². The molecule has 0 aliphatic rings. The van der Waals surface area contributed by atoms with E-state index in [9.17, 15) is 0 Å². The molecule has 0 aromatic heterocycles. The highest BCUT2D eigenvalue weighted by atomic mass is 28.3. The summed E-state index contributed by atoms with van der Waals surface area (Å²) in [4.78, 5) is 3.74. The molecule has 0 amide bonds. The molecular formula is C12H27NSi. The molecule has 0 unspecified atom stereocenters. The summed E-state index contributed by atoms with van der Waals surface area (Å²) >= 11 is 0. The number of hydrogen-bond acceptors (Lipinski definition) is 1. The van der Waals surface area contributed by atoms with Crippen molar-refractivity contribution >= 4 is 8.24 Å². The molecule has 1 N–H and O–H groups in total. The topological polar surface area (TPSA) is 12.0 Å². The second-order valence-electron chi connectivity index (χ2n) is 4.10. The highest BCUT2D eigenvalue weighted by Gasteiger charge is 2.26. The van der Waals surface area contributed by atoms with Crippen molar-refractivity contribution < 1.29 is 0 Å². The number of nitrogens with one attached hydrogen (secondary N) is 1. The van der Waals surface area contributed by atoms with Gasteiger partial charge in [-0.1, -0.05) is 52.2 Å². The Hall–Kier alpha value is -0.0831. The zero-order valence-corrected chi connectivity index (χ0v) is 11.2. The molecule has 0 saturated carbocycles. The van der Waals surface area contributed by atoms with Gasteiger partial charge in [-0.3, -0.25) is 0 Å². The molecule has 0 atom stereocenters. The zero-order chi connectivity index (χ0) is 10.9. The van der Waals surface area contributed by atoms with Crippen LogP contribution >= 0.6 is 0 Å². The Morgan fingerprint density at radius 2 is 1.57 bits per heavy atom. The van der Waals surface area contributed by atoms with Gasteiger partial charge in [0.1, 0.15) is 8.24 Å². The van der Waals surface area contributed by atoms with Crippen LogP contribution in [0.4, 0.5) is 0 Å². The minimum Gasteiger partial charge on any atom is -0.334 e. The fourth-order valence-corrected chi connectivity index (χ4v) is 5.74. The summed E-state index contributed by atoms with van der Waals surface area (Å²) in [6, 6.07) is 2.75. The quantitative estimate of drug-likeness (QED) is 0.573. The van der Waals surface area contributed by atoms with Gasteiger partial charge in [-0.05, 0) is 18.6 Å². The van der Waals surface area contributed by atoms with E-state index in [2.05, 4.69) is 38.0 Å². The van der Waals surface area contributed by atoms with Gasteiger partial charge in [-0.2, -0.15) is 0 Å². The Bertz CT molecular complexity index is 137. The van der Waals surface area contributed by atoms with E-state index < -0.39 is 8.24 Å². The average molecular weight is 213 g/mol. The van der Waals surface area contributed by atoms with Crippen molar-refractivity contribution in [1.29, 1.82) is 0 Å². The van der Waals surface area contributed by atoms with Crippen molar-refractivity contribution in [3.05, 3.63) is 12.3 Å². The molecule has 0 saturated heterocycles. The Labute approximate surface area is 91.1 Å². The standard InChI is InChI=1S/C12H27NSi/c1-5-9-11-14(8-4,13-7-3)12-10-6-2/h8,13H,4-7,9-12H2,1-3H3. The summed E-state index contributed by atoms with van der Waals surface area (Å²) in [5.41, 5.74) is 2.27. The van der Waals surface area contributed by atoms with E-state index in [4.69, 9.17) is 0 Å². The van der Waals surface area contributed by atoms with Crippen LogP contribution in [-0.4, -0.2) is 14.8 Å². The van der Waals surface area contributed by atoms with E-state index in [1.54, 1.807) is 0 Å². The first-order valence-corrected chi connectivity index (χ1v) is 8.62. The van der Waals surface area contributed by atoms with Crippen LogP contribution in [0, 0.1) is 0 Å². The van der Waals surface area contributed by atoms with Gasteiger partial charge in [0.15, 0.2) is 0 Å². The van der Waals surface area contributed by atoms with Gasteiger partial charge in [0.05, 0.1) is 0 Å². The normalized spacial score (nSPS) is 11.6. The van der Waals surface area contributed by atoms with Crippen LogP contribution < -0.4 is 4.98 Å². The van der Waals surface area contributed by atoms with E-state index >= 15 is 0 Å². The van der Waals surface area contributed by atoms with Crippen LogP contribution in [0.25, 0.3) is 0 Å². The Balaban J connectivity index is 4.18. The van der Waals surface area contributed by atoms with Crippen LogP contribution in [0.15, 0.2) is 12.3 Å². The van der Waals surface area contributed by atoms with Crippen molar-refractivity contribution in [3.63, 3.8) is 0 Å². The van der Waals surface area contributed by atoms with Gasteiger partial charge in [0.25, 0.3) is 0 Å². The number of unbranched alkanes of at least 4 members (excludes halogenated alkanes) is 2. The number of hydrogen-bond donors (Lipinski definition) is 1. The first-order valence-electron chi connectivity index (χ1n) is 6.13. The van der Waals surface area contributed by atoms with E-state index in [0.29, 0.717) is 0 Å². The highest BCUT2D eigenvalue weighted by molar-refractivity contribution is 6.82. The molecule has 2 heteroatoms. The second kappa shape index (κ2) is 8.24. The summed E-state index contributed by atoms with van der Waals surface area (Å²) in [7, 11) is -1.30. The lowest BCUT2D eigenvalue weighted by atomic mass is 10.4. The Morgan fingerprint density at radius 1 is 1.07 bits per heavy atom. The molecule has 0 aromatic carbocycles. The summed E-state index contributed by atoms with van der Waals surface area (Å²) < 4.78 is 0. The summed E-state index contributed by atoms with van der Waals surface area (Å²) in [6.45, 7) is 11.9. The predicted molar refractivity (Wildman–Crippen MR) is 69.1 cm³/mol. The molecule has 0 fully saturated rings. The monoisotopic (exact) mass is 213 g/mol. The molecule has 0 heterocycles. The van der Waals surface area contributed by atoms with Crippen LogP contribution in [0.3, 0.4) is 0 Å². The summed E-state index contributed by atoms with van der Waals surface area (Å²) in [6.07, 6.45) is 5.32. The molecule has 1 nitrogen and oxygen atoms in total. The zero-order valence-electron chi connectivity index (χ0n) is 10.2.